The third-order valence-corrected chi connectivity index (χ3v) is 4.52. The van der Waals surface area contributed by atoms with Gasteiger partial charge < -0.3 is 15.2 Å². The molecule has 0 atom stereocenters. The molecule has 4 aromatic rings. The molecule has 0 saturated heterocycles. The van der Waals surface area contributed by atoms with E-state index >= 15 is 0 Å². The number of aromatic nitrogens is 5. The van der Waals surface area contributed by atoms with E-state index in [4.69, 9.17) is 11.6 Å². The van der Waals surface area contributed by atoms with Gasteiger partial charge in [-0.1, -0.05) is 23.7 Å². The Kier molecular flexibility index (Phi) is 5.34. The first-order valence-corrected chi connectivity index (χ1v) is 9.50. The molecule has 0 radical (unpaired) electrons. The molecule has 0 aliphatic rings. The zero-order chi connectivity index (χ0) is 19.3. The highest BCUT2D eigenvalue weighted by atomic mass is 35.5. The standard InChI is InChI=1S/C20H20ClN7/c1-2-28-13-24-17-18(25-16-8-5-6-14(21)12-16)26-20(27-19(17)28)23-11-9-15-7-3-4-10-22-15/h3-8,10,12-13H,2,9,11H2,1H3,(H2,23,25,26,27). The van der Waals surface area contributed by atoms with E-state index in [0.29, 0.717) is 23.3 Å². The molecular weight excluding hydrogens is 374 g/mol. The number of rotatable bonds is 7. The number of nitrogens with one attached hydrogen (secondary N) is 2. The van der Waals surface area contributed by atoms with Crippen LogP contribution in [0.1, 0.15) is 12.6 Å². The first kappa shape index (κ1) is 18.2. The van der Waals surface area contributed by atoms with Gasteiger partial charge in [-0.15, -0.1) is 0 Å². The minimum Gasteiger partial charge on any atom is -0.354 e. The van der Waals surface area contributed by atoms with E-state index < -0.39 is 0 Å². The van der Waals surface area contributed by atoms with E-state index in [9.17, 15) is 0 Å². The molecule has 2 N–H and O–H groups in total. The van der Waals surface area contributed by atoms with Gasteiger partial charge in [0.2, 0.25) is 5.95 Å². The Morgan fingerprint density at radius 3 is 2.79 bits per heavy atom. The highest BCUT2D eigenvalue weighted by Crippen LogP contribution is 2.25. The van der Waals surface area contributed by atoms with Crippen LogP contribution in [0.2, 0.25) is 5.02 Å². The van der Waals surface area contributed by atoms with Crippen LogP contribution in [0, 0.1) is 0 Å². The SMILES string of the molecule is CCn1cnc2c(Nc3cccc(Cl)c3)nc(NCCc3ccccn3)nc21. The van der Waals surface area contributed by atoms with Crippen molar-refractivity contribution in [1.82, 2.24) is 24.5 Å². The van der Waals surface area contributed by atoms with Crippen molar-refractivity contribution >= 4 is 40.2 Å². The second-order valence-corrected chi connectivity index (χ2v) is 6.67. The van der Waals surface area contributed by atoms with E-state index in [2.05, 4.69) is 37.5 Å². The molecule has 0 aliphatic heterocycles. The molecule has 142 valence electrons. The minimum atomic E-state index is 0.545. The summed E-state index contributed by atoms with van der Waals surface area (Å²) in [7, 11) is 0. The van der Waals surface area contributed by atoms with Crippen molar-refractivity contribution in [1.29, 1.82) is 0 Å². The highest BCUT2D eigenvalue weighted by molar-refractivity contribution is 6.30. The first-order valence-electron chi connectivity index (χ1n) is 9.12. The maximum atomic E-state index is 6.10. The molecule has 4 rings (SSSR count). The summed E-state index contributed by atoms with van der Waals surface area (Å²) in [5, 5.41) is 7.26. The van der Waals surface area contributed by atoms with Crippen molar-refractivity contribution in [3.05, 3.63) is 65.7 Å². The van der Waals surface area contributed by atoms with Gasteiger partial charge in [-0.2, -0.15) is 9.97 Å². The number of benzene rings is 1. The van der Waals surface area contributed by atoms with Crippen LogP contribution in [0.4, 0.5) is 17.5 Å². The maximum absolute atomic E-state index is 6.10. The second-order valence-electron chi connectivity index (χ2n) is 6.23. The van der Waals surface area contributed by atoms with Crippen LogP contribution in [0.3, 0.4) is 0 Å². The van der Waals surface area contributed by atoms with Crippen molar-refractivity contribution < 1.29 is 0 Å². The van der Waals surface area contributed by atoms with Crippen molar-refractivity contribution in [2.75, 3.05) is 17.2 Å². The lowest BCUT2D eigenvalue weighted by Crippen LogP contribution is -2.10. The van der Waals surface area contributed by atoms with Gasteiger partial charge in [0.25, 0.3) is 0 Å². The third-order valence-electron chi connectivity index (χ3n) is 4.28. The summed E-state index contributed by atoms with van der Waals surface area (Å²) in [6, 6.07) is 13.4. The van der Waals surface area contributed by atoms with Crippen LogP contribution in [0.15, 0.2) is 55.0 Å². The topological polar surface area (TPSA) is 80.5 Å². The fraction of sp³-hybridized carbons (Fsp3) is 0.200. The first-order chi connectivity index (χ1) is 13.7. The number of hydrogen-bond donors (Lipinski definition) is 2. The summed E-state index contributed by atoms with van der Waals surface area (Å²) in [4.78, 5) is 18.1. The fourth-order valence-electron chi connectivity index (χ4n) is 2.89. The van der Waals surface area contributed by atoms with Gasteiger partial charge in [0.15, 0.2) is 17.0 Å². The molecule has 0 unspecified atom stereocenters. The molecule has 7 nitrogen and oxygen atoms in total. The predicted octanol–water partition coefficient (Wildman–Crippen LogP) is 4.29. The second kappa shape index (κ2) is 8.22. The molecule has 3 heterocycles. The normalized spacial score (nSPS) is 10.9. The molecule has 0 aliphatic carbocycles. The summed E-state index contributed by atoms with van der Waals surface area (Å²) in [6.45, 7) is 3.51. The molecule has 28 heavy (non-hydrogen) atoms. The van der Waals surface area contributed by atoms with Crippen LogP contribution in [0.25, 0.3) is 11.2 Å². The van der Waals surface area contributed by atoms with E-state index in [1.165, 1.54) is 0 Å². The summed E-state index contributed by atoms with van der Waals surface area (Å²) in [5.74, 6) is 1.18. The average molecular weight is 394 g/mol. The quantitative estimate of drug-likeness (QED) is 0.487. The van der Waals surface area contributed by atoms with Gasteiger partial charge in [-0.3, -0.25) is 4.98 Å². The molecular formula is C20H20ClN7. The van der Waals surface area contributed by atoms with Gasteiger partial charge in [-0.05, 0) is 37.3 Å². The largest absolute Gasteiger partial charge is 0.354 e. The molecule has 0 bridgehead atoms. The van der Waals surface area contributed by atoms with Gasteiger partial charge >= 0.3 is 0 Å². The Labute approximate surface area is 167 Å². The number of halogens is 1. The zero-order valence-corrected chi connectivity index (χ0v) is 16.2. The molecule has 0 spiro atoms. The zero-order valence-electron chi connectivity index (χ0n) is 15.4. The third kappa shape index (κ3) is 4.04. The number of anilines is 3. The van der Waals surface area contributed by atoms with Crippen molar-refractivity contribution in [3.63, 3.8) is 0 Å². The Hall–Kier alpha value is -3.19. The molecule has 1 aromatic carbocycles. The van der Waals surface area contributed by atoms with E-state index in [1.54, 1.807) is 12.5 Å². The van der Waals surface area contributed by atoms with Gasteiger partial charge in [0, 0.05) is 42.1 Å². The van der Waals surface area contributed by atoms with Crippen LogP contribution in [-0.2, 0) is 13.0 Å². The fourth-order valence-corrected chi connectivity index (χ4v) is 3.08. The van der Waals surface area contributed by atoms with Crippen molar-refractivity contribution in [2.45, 2.75) is 19.9 Å². The van der Waals surface area contributed by atoms with Gasteiger partial charge in [0.1, 0.15) is 0 Å². The van der Waals surface area contributed by atoms with Crippen LogP contribution >= 0.6 is 11.6 Å². The number of hydrogen-bond acceptors (Lipinski definition) is 6. The number of fused-ring (bicyclic) bond motifs is 1. The van der Waals surface area contributed by atoms with Gasteiger partial charge in [0.05, 0.1) is 6.33 Å². The number of imidazole rings is 1. The Balaban J connectivity index is 1.61. The monoisotopic (exact) mass is 393 g/mol. The van der Waals surface area contributed by atoms with Gasteiger partial charge in [-0.25, -0.2) is 4.98 Å². The Bertz CT molecular complexity index is 1080. The lowest BCUT2D eigenvalue weighted by atomic mass is 10.3. The molecule has 0 amide bonds. The Morgan fingerprint density at radius 2 is 2.00 bits per heavy atom. The molecule has 8 heteroatoms. The maximum Gasteiger partial charge on any atom is 0.226 e. The molecule has 0 fully saturated rings. The highest BCUT2D eigenvalue weighted by Gasteiger charge is 2.13. The average Bonchev–Trinajstić information content (AvgIpc) is 3.12. The van der Waals surface area contributed by atoms with Crippen LogP contribution in [0.5, 0.6) is 0 Å². The summed E-state index contributed by atoms with van der Waals surface area (Å²) >= 11 is 6.10. The molecule has 0 saturated carbocycles. The van der Waals surface area contributed by atoms with E-state index in [1.807, 2.05) is 47.0 Å². The summed E-state index contributed by atoms with van der Waals surface area (Å²) in [5.41, 5.74) is 3.37. The minimum absolute atomic E-state index is 0.545. The van der Waals surface area contributed by atoms with Crippen LogP contribution < -0.4 is 10.6 Å². The lowest BCUT2D eigenvalue weighted by molar-refractivity contribution is 0.777. The number of pyridine rings is 1. The molecule has 3 aromatic heterocycles. The van der Waals surface area contributed by atoms with Crippen LogP contribution in [-0.4, -0.2) is 31.0 Å². The predicted molar refractivity (Wildman–Crippen MR) is 112 cm³/mol. The van der Waals surface area contributed by atoms with E-state index in [-0.39, 0.29) is 0 Å². The van der Waals surface area contributed by atoms with Crippen molar-refractivity contribution in [3.8, 4) is 0 Å². The number of nitrogens with zero attached hydrogens (tertiary/aromatic N) is 5. The smallest absolute Gasteiger partial charge is 0.226 e. The number of aryl methyl sites for hydroxylation is 1. The Morgan fingerprint density at radius 1 is 1.07 bits per heavy atom. The lowest BCUT2D eigenvalue weighted by Gasteiger charge is -2.10. The van der Waals surface area contributed by atoms with E-state index in [0.717, 1.165) is 35.5 Å². The summed E-state index contributed by atoms with van der Waals surface area (Å²) < 4.78 is 1.99. The van der Waals surface area contributed by atoms with Crippen molar-refractivity contribution in [2.24, 2.45) is 0 Å². The summed E-state index contributed by atoms with van der Waals surface area (Å²) in [6.07, 6.45) is 4.36.